The molecule has 0 radical (unpaired) electrons. The van der Waals surface area contributed by atoms with Gasteiger partial charge in [-0.25, -0.2) is 0 Å². The van der Waals surface area contributed by atoms with Crippen molar-refractivity contribution >= 4 is 21.7 Å². The van der Waals surface area contributed by atoms with Crippen molar-refractivity contribution in [2.75, 3.05) is 7.05 Å². The molecule has 0 fully saturated rings. The van der Waals surface area contributed by atoms with Crippen LogP contribution in [-0.4, -0.2) is 20.5 Å². The van der Waals surface area contributed by atoms with Crippen molar-refractivity contribution in [2.45, 2.75) is 10.8 Å². The Balaban J connectivity index is 2.18. The van der Waals surface area contributed by atoms with Gasteiger partial charge in [-0.3, -0.25) is 0 Å². The molecular formula is C11H14N2O2S2. The molecule has 1 unspecified atom stereocenters. The minimum Gasteiger partial charge on any atom is -0.592 e. The van der Waals surface area contributed by atoms with Crippen LogP contribution in [0.15, 0.2) is 40.1 Å². The number of aryl methyl sites for hydroxylation is 1. The maximum Gasteiger partial charge on any atom is 0.229 e. The summed E-state index contributed by atoms with van der Waals surface area (Å²) in [7, 11) is 0.153. The van der Waals surface area contributed by atoms with Crippen LogP contribution in [0.5, 0.6) is 0 Å². The minimum absolute atomic E-state index is 0.379. The summed E-state index contributed by atoms with van der Waals surface area (Å²) in [4.78, 5) is 0. The predicted molar refractivity (Wildman–Crippen MR) is 68.3 cm³/mol. The highest BCUT2D eigenvalue weighted by Gasteiger charge is 2.28. The highest BCUT2D eigenvalue weighted by molar-refractivity contribution is 7.97. The van der Waals surface area contributed by atoms with Gasteiger partial charge < -0.3 is 9.12 Å². The molecule has 0 aliphatic heterocycles. The van der Waals surface area contributed by atoms with Crippen molar-refractivity contribution in [1.29, 1.82) is 0 Å². The molecule has 0 N–H and O–H groups in total. The van der Waals surface area contributed by atoms with Crippen molar-refractivity contribution in [1.82, 2.24) is 8.87 Å². The zero-order valence-corrected chi connectivity index (χ0v) is 11.3. The number of rotatable bonds is 4. The zero-order chi connectivity index (χ0) is 12.5. The fourth-order valence-electron chi connectivity index (χ4n) is 1.54. The fraction of sp³-hybridized carbons (Fsp3) is 0.273. The highest BCUT2D eigenvalue weighted by atomic mass is 32.3. The number of hydrogen-bond acceptors (Lipinski definition) is 3. The lowest BCUT2D eigenvalue weighted by molar-refractivity contribution is 0.384. The van der Waals surface area contributed by atoms with Gasteiger partial charge in [0.15, 0.2) is 10.4 Å². The van der Waals surface area contributed by atoms with Crippen LogP contribution in [0.1, 0.15) is 5.69 Å². The van der Waals surface area contributed by atoms with Crippen LogP contribution >= 0.6 is 11.3 Å². The average molecular weight is 270 g/mol. The molecule has 0 aromatic carbocycles. The van der Waals surface area contributed by atoms with E-state index in [2.05, 4.69) is 0 Å². The summed E-state index contributed by atoms with van der Waals surface area (Å²) in [6, 6.07) is 7.19. The van der Waals surface area contributed by atoms with Crippen LogP contribution in [0.25, 0.3) is 0 Å². The van der Waals surface area contributed by atoms with E-state index >= 15 is 0 Å². The van der Waals surface area contributed by atoms with Gasteiger partial charge in [0, 0.05) is 32.1 Å². The second kappa shape index (κ2) is 4.73. The number of sulfonamides is 1. The Morgan fingerprint density at radius 2 is 2.24 bits per heavy atom. The largest absolute Gasteiger partial charge is 0.592 e. The Morgan fingerprint density at radius 1 is 1.47 bits per heavy atom. The van der Waals surface area contributed by atoms with Crippen LogP contribution in [0.3, 0.4) is 0 Å². The Morgan fingerprint density at radius 3 is 2.76 bits per heavy atom. The fourth-order valence-corrected chi connectivity index (χ4v) is 3.88. The molecule has 17 heavy (non-hydrogen) atoms. The monoisotopic (exact) mass is 270 g/mol. The number of aromatic nitrogens is 1. The lowest BCUT2D eigenvalue weighted by Gasteiger charge is -2.22. The molecular weight excluding hydrogens is 256 g/mol. The third kappa shape index (κ3) is 2.50. The molecule has 0 saturated carbocycles. The smallest absolute Gasteiger partial charge is 0.229 e. The lowest BCUT2D eigenvalue weighted by atomic mass is 10.4. The zero-order valence-electron chi connectivity index (χ0n) is 9.70. The SMILES string of the molecule is CN(Cc1cccn1C)[S+](=O)([O-])c1cccs1. The van der Waals surface area contributed by atoms with Crippen molar-refractivity contribution in [3.63, 3.8) is 0 Å². The molecule has 0 aliphatic carbocycles. The quantitative estimate of drug-likeness (QED) is 0.799. The summed E-state index contributed by atoms with van der Waals surface area (Å²) in [5, 5.41) is 1.77. The normalized spacial score (nSPS) is 15.1. The van der Waals surface area contributed by atoms with Crippen molar-refractivity contribution < 1.29 is 8.76 Å². The van der Waals surface area contributed by atoms with Crippen LogP contribution in [-0.2, 0) is 28.2 Å². The summed E-state index contributed by atoms with van der Waals surface area (Å²) in [6.45, 7) is 0.379. The van der Waals surface area contributed by atoms with E-state index in [-0.39, 0.29) is 0 Å². The van der Waals surface area contributed by atoms with Gasteiger partial charge in [0.05, 0.1) is 6.54 Å². The van der Waals surface area contributed by atoms with Crippen molar-refractivity contribution in [3.8, 4) is 0 Å². The van der Waals surface area contributed by atoms with E-state index in [1.807, 2.05) is 29.9 Å². The Kier molecular flexibility index (Phi) is 3.48. The van der Waals surface area contributed by atoms with E-state index in [4.69, 9.17) is 0 Å². The van der Waals surface area contributed by atoms with Gasteiger partial charge in [0.2, 0.25) is 4.21 Å². The van der Waals surface area contributed by atoms with Gasteiger partial charge in [0.25, 0.3) is 0 Å². The Labute approximate surface area is 106 Å². The molecule has 1 atom stereocenters. The third-order valence-electron chi connectivity index (χ3n) is 2.60. The summed E-state index contributed by atoms with van der Waals surface area (Å²) in [6.07, 6.45) is 1.90. The second-order valence-corrected chi connectivity index (χ2v) is 7.02. The summed E-state index contributed by atoms with van der Waals surface area (Å²) in [5.41, 5.74) is 0.965. The first-order valence-electron chi connectivity index (χ1n) is 5.12. The summed E-state index contributed by atoms with van der Waals surface area (Å²) < 4.78 is 28.0. The molecule has 0 bridgehead atoms. The van der Waals surface area contributed by atoms with Gasteiger partial charge in [-0.2, -0.15) is 0 Å². The van der Waals surface area contributed by atoms with Crippen molar-refractivity contribution in [3.05, 3.63) is 41.5 Å². The first-order valence-corrected chi connectivity index (χ1v) is 7.44. The molecule has 2 heterocycles. The highest BCUT2D eigenvalue weighted by Crippen LogP contribution is 2.25. The number of nitrogens with zero attached hydrogens (tertiary/aromatic N) is 2. The Bertz CT molecular complexity index is 533. The summed E-state index contributed by atoms with van der Waals surface area (Å²) in [5.74, 6) is 0. The predicted octanol–water partition coefficient (Wildman–Crippen LogP) is 2.12. The number of thiophene rings is 1. The molecule has 0 saturated heterocycles. The molecule has 0 amide bonds. The van der Waals surface area contributed by atoms with E-state index < -0.39 is 10.4 Å². The molecule has 6 heteroatoms. The molecule has 0 spiro atoms. The van der Waals surface area contributed by atoms with Gasteiger partial charge in [-0.05, 0) is 23.6 Å². The van der Waals surface area contributed by atoms with E-state index in [1.165, 1.54) is 15.6 Å². The molecule has 2 aromatic rings. The van der Waals surface area contributed by atoms with E-state index in [0.29, 0.717) is 10.8 Å². The van der Waals surface area contributed by atoms with E-state index in [9.17, 15) is 8.76 Å². The second-order valence-electron chi connectivity index (χ2n) is 3.80. The van der Waals surface area contributed by atoms with E-state index in [1.54, 1.807) is 24.6 Å². The van der Waals surface area contributed by atoms with Crippen LogP contribution in [0.4, 0.5) is 0 Å². The molecule has 2 rings (SSSR count). The first-order chi connectivity index (χ1) is 8.01. The van der Waals surface area contributed by atoms with Crippen LogP contribution in [0, 0.1) is 0 Å². The van der Waals surface area contributed by atoms with Gasteiger partial charge in [-0.15, -0.1) is 4.31 Å². The Hall–Kier alpha value is -0.950. The first kappa shape index (κ1) is 12.5. The van der Waals surface area contributed by atoms with Gasteiger partial charge in [0.1, 0.15) is 0 Å². The standard InChI is InChI=1S/C11H14N2O2S2/c1-12-7-3-5-10(12)9-13(2)17(14,15)11-6-4-8-16-11/h3-8H,9H2,1-2H3. The van der Waals surface area contributed by atoms with Crippen molar-refractivity contribution in [2.24, 2.45) is 7.05 Å². The summed E-state index contributed by atoms with van der Waals surface area (Å²) >= 11 is 1.24. The lowest BCUT2D eigenvalue weighted by Crippen LogP contribution is -2.32. The number of hydrogen-bond donors (Lipinski definition) is 0. The molecule has 92 valence electrons. The van der Waals surface area contributed by atoms with E-state index in [0.717, 1.165) is 5.69 Å². The van der Waals surface area contributed by atoms with Gasteiger partial charge in [-0.1, -0.05) is 15.5 Å². The van der Waals surface area contributed by atoms with Gasteiger partial charge >= 0.3 is 0 Å². The third-order valence-corrected chi connectivity index (χ3v) is 5.77. The van der Waals surface area contributed by atoms with Crippen LogP contribution < -0.4 is 0 Å². The maximum absolute atomic E-state index is 12.2. The maximum atomic E-state index is 12.2. The minimum atomic E-state index is -3.35. The molecule has 2 aromatic heterocycles. The molecule has 0 aliphatic rings. The average Bonchev–Trinajstić information content (AvgIpc) is 2.90. The van der Waals surface area contributed by atoms with Crippen LogP contribution in [0.2, 0.25) is 0 Å². The topological polar surface area (TPSA) is 48.3 Å². The molecule has 4 nitrogen and oxygen atoms in total.